The molecule has 0 atom stereocenters. The van der Waals surface area contributed by atoms with E-state index in [0.29, 0.717) is 0 Å². The fourth-order valence-electron chi connectivity index (χ4n) is 7.07. The zero-order valence-electron chi connectivity index (χ0n) is 30.6. The molecule has 51 heavy (non-hydrogen) atoms. The van der Waals surface area contributed by atoms with Crippen molar-refractivity contribution in [2.24, 2.45) is 9.98 Å². The molecule has 4 aromatic heterocycles. The number of nitrogens with zero attached hydrogens (tertiary/aromatic N) is 6. The Hall–Kier alpha value is -5.26. The third-order valence-electron chi connectivity index (χ3n) is 9.10. The first-order valence-electron chi connectivity index (χ1n) is 17.0. The fraction of sp³-hybridized carbons (Fsp3) is 0.182. The minimum atomic E-state index is 0. The number of rotatable bonds is 4. The van der Waals surface area contributed by atoms with Crippen molar-refractivity contribution in [3.05, 3.63) is 165 Å². The average Bonchev–Trinajstić information content (AvgIpc) is 3.82. The quantitative estimate of drug-likeness (QED) is 0.170. The van der Waals surface area contributed by atoms with Gasteiger partial charge in [-0.15, -0.1) is 11.4 Å². The number of aryl methyl sites for hydroxylation is 4. The molecule has 0 unspecified atom stereocenters. The van der Waals surface area contributed by atoms with Crippen molar-refractivity contribution in [1.82, 2.24) is 19.9 Å². The van der Waals surface area contributed by atoms with Crippen molar-refractivity contribution in [2.75, 3.05) is 0 Å². The second-order valence-electron chi connectivity index (χ2n) is 13.2. The summed E-state index contributed by atoms with van der Waals surface area (Å²) in [6.07, 6.45) is 7.94. The number of pyridine rings is 2. The Kier molecular flexibility index (Phi) is 10.1. The van der Waals surface area contributed by atoms with Crippen molar-refractivity contribution < 1.29 is 19.5 Å². The minimum absolute atomic E-state index is 0. The summed E-state index contributed by atoms with van der Waals surface area (Å²) in [5.74, 6) is 0. The molecule has 2 aromatic carbocycles. The first-order chi connectivity index (χ1) is 24.1. The van der Waals surface area contributed by atoms with E-state index in [1.165, 1.54) is 22.3 Å². The molecule has 6 aromatic rings. The van der Waals surface area contributed by atoms with Crippen LogP contribution in [-0.2, 0) is 19.5 Å². The number of hydrogen-bond donors (Lipinski definition) is 0. The molecule has 0 amide bonds. The van der Waals surface area contributed by atoms with Crippen molar-refractivity contribution in [2.45, 2.75) is 55.4 Å². The second-order valence-corrected chi connectivity index (χ2v) is 13.2. The van der Waals surface area contributed by atoms with Crippen molar-refractivity contribution in [1.29, 1.82) is 0 Å². The Morgan fingerprint density at radius 1 is 0.510 bits per heavy atom. The number of aliphatic imine (C=N–C) groups is 2. The van der Waals surface area contributed by atoms with Crippen molar-refractivity contribution >= 4 is 44.4 Å². The van der Waals surface area contributed by atoms with Gasteiger partial charge in [0.05, 0.1) is 22.4 Å². The normalized spacial score (nSPS) is 15.8. The van der Waals surface area contributed by atoms with Crippen LogP contribution >= 0.6 is 0 Å². The largest absolute Gasteiger partial charge is 2.00 e. The summed E-state index contributed by atoms with van der Waals surface area (Å²) in [6, 6.07) is 25.0. The predicted octanol–water partition coefficient (Wildman–Crippen LogP) is 9.98. The van der Waals surface area contributed by atoms with Crippen LogP contribution in [0.1, 0.15) is 72.7 Å². The maximum atomic E-state index is 4.82. The first kappa shape index (κ1) is 35.6. The zero-order valence-corrected chi connectivity index (χ0v) is 33.6. The molecule has 2 aliphatic heterocycles. The molecule has 0 fully saturated rings. The van der Waals surface area contributed by atoms with E-state index in [9.17, 15) is 0 Å². The first-order valence-corrected chi connectivity index (χ1v) is 17.0. The van der Waals surface area contributed by atoms with Crippen LogP contribution in [-0.4, -0.2) is 21.4 Å². The van der Waals surface area contributed by atoms with Gasteiger partial charge in [0.25, 0.3) is 0 Å². The molecule has 6 nitrogen and oxygen atoms in total. The molecular formula is C44H40N6Zn. The van der Waals surface area contributed by atoms with Crippen LogP contribution in [0.2, 0.25) is 0 Å². The molecule has 0 saturated carbocycles. The summed E-state index contributed by atoms with van der Waals surface area (Å²) in [4.78, 5) is 28.6. The third-order valence-corrected chi connectivity index (χ3v) is 9.10. The summed E-state index contributed by atoms with van der Waals surface area (Å²) in [5.41, 5.74) is 19.0. The van der Waals surface area contributed by atoms with Gasteiger partial charge < -0.3 is 9.97 Å². The number of aromatic nitrogens is 4. The minimum Gasteiger partial charge on any atom is -0.661 e. The van der Waals surface area contributed by atoms with E-state index in [4.69, 9.17) is 20.0 Å². The molecule has 2 aliphatic rings. The summed E-state index contributed by atoms with van der Waals surface area (Å²) < 4.78 is 0. The van der Waals surface area contributed by atoms with Gasteiger partial charge in [0.2, 0.25) is 0 Å². The predicted molar refractivity (Wildman–Crippen MR) is 208 cm³/mol. The van der Waals surface area contributed by atoms with E-state index in [1.54, 1.807) is 0 Å². The Morgan fingerprint density at radius 3 is 1.24 bits per heavy atom. The maximum absolute atomic E-state index is 4.82. The Labute approximate surface area is 312 Å². The van der Waals surface area contributed by atoms with Gasteiger partial charge in [-0.1, -0.05) is 85.6 Å². The Bertz CT molecular complexity index is 2330. The van der Waals surface area contributed by atoms with Crippen LogP contribution < -0.4 is 9.97 Å². The van der Waals surface area contributed by atoms with Gasteiger partial charge in [0, 0.05) is 45.7 Å². The molecule has 0 N–H and O–H groups in total. The molecule has 7 heteroatoms. The van der Waals surface area contributed by atoms with Gasteiger partial charge >= 0.3 is 19.5 Å². The van der Waals surface area contributed by atoms with Crippen LogP contribution in [0, 0.1) is 27.7 Å². The SMILES string of the molecule is CC1=CC(C)=N/C1=C(\c1[n-]c(C)cc1C)c1cccc2cccnc12.CC1=CC(C)=N/C1=C(\c1[n-]c(C)cc1C)c1cccc2cccnc12.[Zn+2]. The summed E-state index contributed by atoms with van der Waals surface area (Å²) in [5, 5.41) is 2.25. The molecule has 0 radical (unpaired) electrons. The van der Waals surface area contributed by atoms with E-state index in [-0.39, 0.29) is 19.5 Å². The summed E-state index contributed by atoms with van der Waals surface area (Å²) in [6.45, 7) is 16.6. The number of benzene rings is 2. The maximum Gasteiger partial charge on any atom is 2.00 e. The van der Waals surface area contributed by atoms with Gasteiger partial charge in [-0.3, -0.25) is 20.0 Å². The van der Waals surface area contributed by atoms with Crippen LogP contribution in [0.3, 0.4) is 0 Å². The molecule has 0 aliphatic carbocycles. The van der Waals surface area contributed by atoms with E-state index in [2.05, 4.69) is 110 Å². The van der Waals surface area contributed by atoms with Crippen LogP contribution in [0.4, 0.5) is 0 Å². The van der Waals surface area contributed by atoms with E-state index < -0.39 is 0 Å². The zero-order chi connectivity index (χ0) is 35.1. The molecular weight excluding hydrogens is 678 g/mol. The molecule has 6 heterocycles. The van der Waals surface area contributed by atoms with Gasteiger partial charge in [0.15, 0.2) is 0 Å². The van der Waals surface area contributed by atoms with Crippen molar-refractivity contribution in [3.63, 3.8) is 0 Å². The average molecular weight is 718 g/mol. The molecule has 0 spiro atoms. The number of hydrogen-bond acceptors (Lipinski definition) is 4. The Morgan fingerprint density at radius 2 is 0.902 bits per heavy atom. The summed E-state index contributed by atoms with van der Waals surface area (Å²) in [7, 11) is 0. The summed E-state index contributed by atoms with van der Waals surface area (Å²) >= 11 is 0. The van der Waals surface area contributed by atoms with Gasteiger partial charge in [-0.05, 0) is 88.1 Å². The number of para-hydroxylation sites is 2. The fourth-order valence-corrected chi connectivity index (χ4v) is 7.07. The Balaban J connectivity index is 0.000000172. The molecule has 0 saturated heterocycles. The van der Waals surface area contributed by atoms with Gasteiger partial charge in [-0.25, -0.2) is 0 Å². The monoisotopic (exact) mass is 716 g/mol. The molecule has 0 bridgehead atoms. The molecule has 8 rings (SSSR count). The van der Waals surface area contributed by atoms with E-state index in [0.717, 1.165) is 89.7 Å². The number of allylic oxidation sites excluding steroid dienone is 4. The van der Waals surface area contributed by atoms with E-state index >= 15 is 0 Å². The van der Waals surface area contributed by atoms with Crippen LogP contribution in [0.25, 0.3) is 33.0 Å². The van der Waals surface area contributed by atoms with E-state index in [1.807, 2.05) is 52.2 Å². The van der Waals surface area contributed by atoms with Crippen LogP contribution in [0.15, 0.2) is 130 Å². The third kappa shape index (κ3) is 6.91. The smallest absolute Gasteiger partial charge is 0.661 e. The van der Waals surface area contributed by atoms with Crippen LogP contribution in [0.5, 0.6) is 0 Å². The standard InChI is InChI=1S/2C22H20N3.Zn/c2*1-13-11-15(3)24-20(13)19(21-14(2)12-16(4)25-21)18-9-5-7-17-8-6-10-23-22(17)18;/h2*5-12H,1-4H3;/q2*-1;+2/b2*20-19-;. The second kappa shape index (κ2) is 14.5. The van der Waals surface area contributed by atoms with Gasteiger partial charge in [0.1, 0.15) is 0 Å². The van der Waals surface area contributed by atoms with Crippen molar-refractivity contribution in [3.8, 4) is 0 Å². The topological polar surface area (TPSA) is 78.7 Å². The van der Waals surface area contributed by atoms with Gasteiger partial charge in [-0.2, -0.15) is 11.4 Å². The molecule has 248 valence electrons. The number of fused-ring (bicyclic) bond motifs is 2.